The summed E-state index contributed by atoms with van der Waals surface area (Å²) in [5.41, 5.74) is 1.90. The highest BCUT2D eigenvalue weighted by Gasteiger charge is 2.17. The average Bonchev–Trinajstić information content (AvgIpc) is 2.56. The van der Waals surface area contributed by atoms with Crippen molar-refractivity contribution in [2.24, 2.45) is 0 Å². The van der Waals surface area contributed by atoms with Gasteiger partial charge in [0, 0.05) is 24.7 Å². The molecule has 25 heavy (non-hydrogen) atoms. The Labute approximate surface area is 153 Å². The second-order valence-corrected chi connectivity index (χ2v) is 6.52. The number of rotatable bonds is 5. The smallest absolute Gasteiger partial charge is 0.319 e. The van der Waals surface area contributed by atoms with Gasteiger partial charge in [-0.25, -0.2) is 4.79 Å². The normalized spacial score (nSPS) is 10.4. The van der Waals surface area contributed by atoms with Gasteiger partial charge in [-0.05, 0) is 43.7 Å². The van der Waals surface area contributed by atoms with Crippen LogP contribution in [0.4, 0.5) is 10.5 Å². The summed E-state index contributed by atoms with van der Waals surface area (Å²) in [6.45, 7) is 4.19. The van der Waals surface area contributed by atoms with Crippen molar-refractivity contribution in [2.45, 2.75) is 26.4 Å². The van der Waals surface area contributed by atoms with Crippen LogP contribution in [0.3, 0.4) is 0 Å². The number of benzene rings is 2. The lowest BCUT2D eigenvalue weighted by atomic mass is 10.1. The van der Waals surface area contributed by atoms with Crippen LogP contribution in [0.5, 0.6) is 0 Å². The Balaban J connectivity index is 2.12. The Morgan fingerprint density at radius 1 is 1.08 bits per heavy atom. The van der Waals surface area contributed by atoms with E-state index in [1.807, 2.05) is 26.0 Å². The number of hydrogen-bond acceptors (Lipinski definition) is 2. The monoisotopic (exact) mass is 359 g/mol. The number of halogens is 1. The molecule has 0 radical (unpaired) electrons. The van der Waals surface area contributed by atoms with Gasteiger partial charge in [-0.15, -0.1) is 0 Å². The zero-order valence-corrected chi connectivity index (χ0v) is 15.3. The molecule has 2 rings (SSSR count). The number of nitrogens with one attached hydrogen (secondary N) is 2. The first kappa shape index (κ1) is 18.8. The van der Waals surface area contributed by atoms with Gasteiger partial charge in [0.25, 0.3) is 5.91 Å². The molecule has 0 unspecified atom stereocenters. The number of urea groups is 1. The summed E-state index contributed by atoms with van der Waals surface area (Å²) < 4.78 is 0. The minimum Gasteiger partial charge on any atom is -0.337 e. The van der Waals surface area contributed by atoms with Gasteiger partial charge in [0.05, 0.1) is 11.3 Å². The van der Waals surface area contributed by atoms with E-state index >= 15 is 0 Å². The van der Waals surface area contributed by atoms with Crippen molar-refractivity contribution >= 4 is 29.2 Å². The summed E-state index contributed by atoms with van der Waals surface area (Å²) >= 11 is 5.89. The number of para-hydroxylation sites is 1. The Morgan fingerprint density at radius 3 is 2.36 bits per heavy atom. The van der Waals surface area contributed by atoms with Gasteiger partial charge in [0.1, 0.15) is 0 Å². The van der Waals surface area contributed by atoms with Crippen LogP contribution in [0.25, 0.3) is 0 Å². The van der Waals surface area contributed by atoms with Crippen molar-refractivity contribution in [3.8, 4) is 0 Å². The maximum atomic E-state index is 12.8. The Bertz CT molecular complexity index is 745. The van der Waals surface area contributed by atoms with Crippen LogP contribution in [0, 0.1) is 0 Å². The molecule has 0 aliphatic carbocycles. The molecule has 0 spiro atoms. The Kier molecular flexibility index (Phi) is 6.42. The van der Waals surface area contributed by atoms with E-state index in [4.69, 9.17) is 11.6 Å². The SMILES string of the molecule is CC(C)NC(=O)Nc1ccccc1C(=O)N(C)Cc1ccc(Cl)cc1. The van der Waals surface area contributed by atoms with Gasteiger partial charge < -0.3 is 15.5 Å². The third kappa shape index (κ3) is 5.50. The largest absolute Gasteiger partial charge is 0.337 e. The lowest BCUT2D eigenvalue weighted by molar-refractivity contribution is 0.0786. The van der Waals surface area contributed by atoms with Crippen LogP contribution in [0.1, 0.15) is 29.8 Å². The summed E-state index contributed by atoms with van der Waals surface area (Å²) in [7, 11) is 1.72. The van der Waals surface area contributed by atoms with E-state index in [-0.39, 0.29) is 18.0 Å². The van der Waals surface area contributed by atoms with Crippen LogP contribution in [0.15, 0.2) is 48.5 Å². The van der Waals surface area contributed by atoms with Crippen LogP contribution in [0.2, 0.25) is 5.02 Å². The molecule has 0 fully saturated rings. The van der Waals surface area contributed by atoms with Crippen LogP contribution in [-0.4, -0.2) is 29.9 Å². The molecular formula is C19H22ClN3O2. The fourth-order valence-corrected chi connectivity index (χ4v) is 2.47. The van der Waals surface area contributed by atoms with Gasteiger partial charge in [-0.1, -0.05) is 35.9 Å². The number of nitrogens with zero attached hydrogens (tertiary/aromatic N) is 1. The predicted molar refractivity (Wildman–Crippen MR) is 101 cm³/mol. The molecule has 2 aromatic carbocycles. The predicted octanol–water partition coefficient (Wildman–Crippen LogP) is 4.14. The van der Waals surface area contributed by atoms with Gasteiger partial charge >= 0.3 is 6.03 Å². The summed E-state index contributed by atoms with van der Waals surface area (Å²) in [6.07, 6.45) is 0. The van der Waals surface area contributed by atoms with Gasteiger partial charge in [0.15, 0.2) is 0 Å². The highest BCUT2D eigenvalue weighted by molar-refractivity contribution is 6.30. The van der Waals surface area contributed by atoms with Crippen molar-refractivity contribution < 1.29 is 9.59 Å². The molecule has 0 aliphatic heterocycles. The van der Waals surface area contributed by atoms with Crippen molar-refractivity contribution in [3.63, 3.8) is 0 Å². The standard InChI is InChI=1S/C19H22ClN3O2/c1-13(2)21-19(25)22-17-7-5-4-6-16(17)18(24)23(3)12-14-8-10-15(20)11-9-14/h4-11,13H,12H2,1-3H3,(H2,21,22,25). The molecule has 6 heteroatoms. The topological polar surface area (TPSA) is 61.4 Å². The second kappa shape index (κ2) is 8.53. The van der Waals surface area contributed by atoms with Crippen molar-refractivity contribution in [1.82, 2.24) is 10.2 Å². The van der Waals surface area contributed by atoms with E-state index in [1.165, 1.54) is 0 Å². The van der Waals surface area contributed by atoms with Crippen LogP contribution < -0.4 is 10.6 Å². The summed E-state index contributed by atoms with van der Waals surface area (Å²) in [5.74, 6) is -0.171. The molecule has 0 saturated carbocycles. The lowest BCUT2D eigenvalue weighted by Crippen LogP contribution is -2.35. The van der Waals surface area contributed by atoms with Crippen LogP contribution in [-0.2, 0) is 6.54 Å². The Morgan fingerprint density at radius 2 is 1.72 bits per heavy atom. The zero-order valence-electron chi connectivity index (χ0n) is 14.5. The Hall–Kier alpha value is -2.53. The molecule has 0 atom stereocenters. The first-order valence-corrected chi connectivity index (χ1v) is 8.41. The molecule has 3 amide bonds. The highest BCUT2D eigenvalue weighted by Crippen LogP contribution is 2.18. The third-order valence-corrected chi connectivity index (χ3v) is 3.76. The zero-order chi connectivity index (χ0) is 18.4. The third-order valence-electron chi connectivity index (χ3n) is 3.51. The number of anilines is 1. The molecule has 0 bridgehead atoms. The molecule has 0 aliphatic rings. The number of amides is 3. The first-order chi connectivity index (χ1) is 11.9. The molecule has 2 aromatic rings. The molecule has 132 valence electrons. The maximum absolute atomic E-state index is 12.8. The minimum absolute atomic E-state index is 0.00967. The fourth-order valence-electron chi connectivity index (χ4n) is 2.34. The van der Waals surface area contributed by atoms with Crippen molar-refractivity contribution in [1.29, 1.82) is 0 Å². The molecule has 0 heterocycles. The quantitative estimate of drug-likeness (QED) is 0.842. The summed E-state index contributed by atoms with van der Waals surface area (Å²) in [6, 6.07) is 14.0. The maximum Gasteiger partial charge on any atom is 0.319 e. The van der Waals surface area contributed by atoms with E-state index in [0.29, 0.717) is 22.8 Å². The van der Waals surface area contributed by atoms with E-state index < -0.39 is 0 Å². The molecule has 0 saturated heterocycles. The van der Waals surface area contributed by atoms with E-state index in [1.54, 1.807) is 48.3 Å². The van der Waals surface area contributed by atoms with Gasteiger partial charge in [-0.3, -0.25) is 4.79 Å². The number of hydrogen-bond donors (Lipinski definition) is 2. The van der Waals surface area contributed by atoms with E-state index in [9.17, 15) is 9.59 Å². The second-order valence-electron chi connectivity index (χ2n) is 6.09. The molecular weight excluding hydrogens is 338 g/mol. The van der Waals surface area contributed by atoms with Gasteiger partial charge in [0.2, 0.25) is 0 Å². The fraction of sp³-hybridized carbons (Fsp3) is 0.263. The van der Waals surface area contributed by atoms with Crippen molar-refractivity contribution in [2.75, 3.05) is 12.4 Å². The van der Waals surface area contributed by atoms with E-state index in [2.05, 4.69) is 10.6 Å². The van der Waals surface area contributed by atoms with E-state index in [0.717, 1.165) is 5.56 Å². The molecule has 5 nitrogen and oxygen atoms in total. The summed E-state index contributed by atoms with van der Waals surface area (Å²) in [5, 5.41) is 6.13. The molecule has 0 aromatic heterocycles. The average molecular weight is 360 g/mol. The summed E-state index contributed by atoms with van der Waals surface area (Å²) in [4.78, 5) is 26.3. The minimum atomic E-state index is -0.337. The number of carbonyl (C=O) groups excluding carboxylic acids is 2. The van der Waals surface area contributed by atoms with Gasteiger partial charge in [-0.2, -0.15) is 0 Å². The first-order valence-electron chi connectivity index (χ1n) is 8.03. The lowest BCUT2D eigenvalue weighted by Gasteiger charge is -2.20. The van der Waals surface area contributed by atoms with Crippen molar-refractivity contribution in [3.05, 3.63) is 64.7 Å². The van der Waals surface area contributed by atoms with Crippen LogP contribution >= 0.6 is 11.6 Å². The highest BCUT2D eigenvalue weighted by atomic mass is 35.5. The number of carbonyl (C=O) groups is 2. The molecule has 2 N–H and O–H groups in total.